The van der Waals surface area contributed by atoms with Crippen molar-refractivity contribution in [2.75, 3.05) is 0 Å². The van der Waals surface area contributed by atoms with E-state index >= 15 is 0 Å². The number of esters is 1. The van der Waals surface area contributed by atoms with Crippen molar-refractivity contribution in [1.82, 2.24) is 0 Å². The highest BCUT2D eigenvalue weighted by atomic mass is 16.6. The van der Waals surface area contributed by atoms with Crippen LogP contribution in [0.1, 0.15) is 51.7 Å². The molecule has 2 aromatic carbocycles. The third-order valence-electron chi connectivity index (χ3n) is 5.19. The monoisotopic (exact) mass is 431 g/mol. The number of carbonyl (C=O) groups excluding carboxylic acids is 1. The molecular weight excluding hydrogens is 403 g/mol. The number of aryl methyl sites for hydroxylation is 1. The van der Waals surface area contributed by atoms with E-state index in [1.807, 2.05) is 12.1 Å². The number of fused-ring (bicyclic) bond motifs is 1. The molecule has 32 heavy (non-hydrogen) atoms. The van der Waals surface area contributed by atoms with E-state index in [-0.39, 0.29) is 0 Å². The lowest BCUT2D eigenvalue weighted by Gasteiger charge is -2.22. The van der Waals surface area contributed by atoms with E-state index < -0.39 is 17.1 Å². The number of ether oxygens (including phenoxy) is 1. The summed E-state index contributed by atoms with van der Waals surface area (Å²) in [5.74, 6) is 0.283. The second-order valence-corrected chi connectivity index (χ2v) is 8.54. The van der Waals surface area contributed by atoms with E-state index in [0.717, 1.165) is 29.0 Å². The SMILES string of the molecule is C=CC(=O)OC(C)(C)[B]Oc1ccc2cc(-c3cc(C(C)C)ccc3CC)c(=O)oc2c1. The van der Waals surface area contributed by atoms with Crippen molar-refractivity contribution in [3.63, 3.8) is 0 Å². The zero-order chi connectivity index (χ0) is 23.5. The van der Waals surface area contributed by atoms with Gasteiger partial charge in [0.25, 0.3) is 0 Å². The molecule has 0 unspecified atom stereocenters. The van der Waals surface area contributed by atoms with E-state index in [1.165, 1.54) is 13.0 Å². The van der Waals surface area contributed by atoms with Gasteiger partial charge in [0.15, 0.2) is 0 Å². The van der Waals surface area contributed by atoms with E-state index in [9.17, 15) is 9.59 Å². The Bertz CT molecular complexity index is 1210. The molecule has 1 radical (unpaired) electrons. The van der Waals surface area contributed by atoms with Gasteiger partial charge in [0.05, 0.1) is 5.56 Å². The van der Waals surface area contributed by atoms with Crippen LogP contribution in [0.2, 0.25) is 0 Å². The van der Waals surface area contributed by atoms with Gasteiger partial charge in [-0.1, -0.05) is 45.5 Å². The van der Waals surface area contributed by atoms with Crippen LogP contribution in [0.25, 0.3) is 22.1 Å². The molecule has 0 saturated carbocycles. The Balaban J connectivity index is 1.93. The Kier molecular flexibility index (Phi) is 6.92. The molecule has 165 valence electrons. The average molecular weight is 431 g/mol. The van der Waals surface area contributed by atoms with Gasteiger partial charge in [-0.2, -0.15) is 0 Å². The van der Waals surface area contributed by atoms with Crippen LogP contribution in [-0.2, 0) is 16.0 Å². The van der Waals surface area contributed by atoms with Crippen LogP contribution >= 0.6 is 0 Å². The van der Waals surface area contributed by atoms with Gasteiger partial charge in [-0.25, -0.2) is 9.59 Å². The molecule has 0 fully saturated rings. The number of rotatable bonds is 8. The number of benzene rings is 2. The summed E-state index contributed by atoms with van der Waals surface area (Å²) in [6.07, 6.45) is 1.92. The van der Waals surface area contributed by atoms with Crippen LogP contribution in [0, 0.1) is 0 Å². The first-order valence-corrected chi connectivity index (χ1v) is 10.7. The second kappa shape index (κ2) is 9.47. The molecule has 3 rings (SSSR count). The normalized spacial score (nSPS) is 11.4. The Morgan fingerprint density at radius 1 is 1.16 bits per heavy atom. The van der Waals surface area contributed by atoms with Crippen molar-refractivity contribution in [3.8, 4) is 16.9 Å². The maximum absolute atomic E-state index is 12.9. The van der Waals surface area contributed by atoms with Gasteiger partial charge in [0, 0.05) is 17.5 Å². The first kappa shape index (κ1) is 23.4. The second-order valence-electron chi connectivity index (χ2n) is 8.54. The van der Waals surface area contributed by atoms with Gasteiger partial charge in [-0.05, 0) is 61.1 Å². The molecule has 0 saturated heterocycles. The predicted octanol–water partition coefficient (Wildman–Crippen LogP) is 5.61. The standard InChI is InChI=1S/C26H28BO5/c1-7-17-9-10-18(16(3)4)13-21(17)22-14-19-11-12-20(15-23(19)30-25(22)29)32-27-26(5,6)31-24(28)8-2/h8-16H,2,7H2,1,3-6H3. The van der Waals surface area contributed by atoms with Crippen molar-refractivity contribution in [2.24, 2.45) is 0 Å². The van der Waals surface area contributed by atoms with Crippen molar-refractivity contribution < 1.29 is 18.6 Å². The highest BCUT2D eigenvalue weighted by Crippen LogP contribution is 2.29. The first-order chi connectivity index (χ1) is 15.1. The molecule has 0 aliphatic heterocycles. The van der Waals surface area contributed by atoms with Gasteiger partial charge >= 0.3 is 19.1 Å². The molecule has 0 aliphatic carbocycles. The zero-order valence-corrected chi connectivity index (χ0v) is 19.2. The van der Waals surface area contributed by atoms with Gasteiger partial charge in [0.2, 0.25) is 0 Å². The predicted molar refractivity (Wildman–Crippen MR) is 128 cm³/mol. The molecule has 6 heteroatoms. The molecule has 3 aromatic rings. The fourth-order valence-electron chi connectivity index (χ4n) is 3.40. The van der Waals surface area contributed by atoms with Crippen molar-refractivity contribution >= 4 is 24.4 Å². The Morgan fingerprint density at radius 3 is 2.56 bits per heavy atom. The first-order valence-electron chi connectivity index (χ1n) is 10.7. The summed E-state index contributed by atoms with van der Waals surface area (Å²) in [6.45, 7) is 13.1. The van der Waals surface area contributed by atoms with Gasteiger partial charge < -0.3 is 13.8 Å². The van der Waals surface area contributed by atoms with E-state index in [2.05, 4.69) is 45.5 Å². The summed E-state index contributed by atoms with van der Waals surface area (Å²) in [4.78, 5) is 24.3. The van der Waals surface area contributed by atoms with Crippen molar-refractivity contribution in [3.05, 3.63) is 76.7 Å². The summed E-state index contributed by atoms with van der Waals surface area (Å²) in [7, 11) is 1.41. The molecule has 0 amide bonds. The zero-order valence-electron chi connectivity index (χ0n) is 19.2. The van der Waals surface area contributed by atoms with Crippen LogP contribution in [0.15, 0.2) is 64.3 Å². The lowest BCUT2D eigenvalue weighted by atomic mass is 9.77. The molecule has 0 bridgehead atoms. The topological polar surface area (TPSA) is 65.7 Å². The maximum atomic E-state index is 12.9. The van der Waals surface area contributed by atoms with Crippen molar-refractivity contribution in [1.29, 1.82) is 0 Å². The molecule has 1 heterocycles. The van der Waals surface area contributed by atoms with Gasteiger partial charge in [0.1, 0.15) is 16.8 Å². The third-order valence-corrected chi connectivity index (χ3v) is 5.19. The molecule has 1 aromatic heterocycles. The molecule has 0 atom stereocenters. The lowest BCUT2D eigenvalue weighted by molar-refractivity contribution is -0.144. The van der Waals surface area contributed by atoms with E-state index in [4.69, 9.17) is 13.8 Å². The minimum Gasteiger partial charge on any atom is -0.559 e. The molecule has 0 N–H and O–H groups in total. The summed E-state index contributed by atoms with van der Waals surface area (Å²) >= 11 is 0. The fourth-order valence-corrected chi connectivity index (χ4v) is 3.40. The van der Waals surface area contributed by atoms with Crippen LogP contribution in [0.3, 0.4) is 0 Å². The fraction of sp³-hybridized carbons (Fsp3) is 0.308. The van der Waals surface area contributed by atoms with E-state index in [0.29, 0.717) is 22.8 Å². The van der Waals surface area contributed by atoms with Crippen LogP contribution < -0.4 is 10.3 Å². The van der Waals surface area contributed by atoms with Gasteiger partial charge in [-0.15, -0.1) is 0 Å². The largest absolute Gasteiger partial charge is 0.559 e. The Morgan fingerprint density at radius 2 is 1.91 bits per heavy atom. The lowest BCUT2D eigenvalue weighted by Crippen LogP contribution is -2.37. The van der Waals surface area contributed by atoms with Crippen LogP contribution in [0.4, 0.5) is 0 Å². The maximum Gasteiger partial charge on any atom is 0.418 e. The Hall–Kier alpha value is -3.28. The summed E-state index contributed by atoms with van der Waals surface area (Å²) in [5, 5.41) is 0.793. The number of carbonyl (C=O) groups is 1. The minimum atomic E-state index is -0.955. The Labute approximate surface area is 189 Å². The quantitative estimate of drug-likeness (QED) is 0.201. The molecule has 0 aliphatic rings. The van der Waals surface area contributed by atoms with Crippen molar-refractivity contribution in [2.45, 2.75) is 52.5 Å². The van der Waals surface area contributed by atoms with Crippen LogP contribution in [0.5, 0.6) is 5.75 Å². The highest BCUT2D eigenvalue weighted by Gasteiger charge is 2.27. The minimum absolute atomic E-state index is 0.359. The summed E-state index contributed by atoms with van der Waals surface area (Å²) in [6, 6.07) is 13.4. The third kappa shape index (κ3) is 5.31. The van der Waals surface area contributed by atoms with Crippen LogP contribution in [-0.4, -0.2) is 19.0 Å². The molecular formula is C26H28BO5. The highest BCUT2D eigenvalue weighted by molar-refractivity contribution is 6.33. The average Bonchev–Trinajstić information content (AvgIpc) is 2.76. The smallest absolute Gasteiger partial charge is 0.418 e. The van der Waals surface area contributed by atoms with E-state index in [1.54, 1.807) is 26.0 Å². The molecule has 5 nitrogen and oxygen atoms in total. The summed E-state index contributed by atoms with van der Waals surface area (Å²) < 4.78 is 16.5. The molecule has 0 spiro atoms. The summed E-state index contributed by atoms with van der Waals surface area (Å²) in [5.41, 5.74) is 2.81. The number of hydrogen-bond acceptors (Lipinski definition) is 5. The number of hydrogen-bond donors (Lipinski definition) is 0. The van der Waals surface area contributed by atoms with Gasteiger partial charge in [-0.3, -0.25) is 0 Å².